The maximum absolute atomic E-state index is 13.5. The Hall–Kier alpha value is -3.84. The highest BCUT2D eigenvalue weighted by Crippen LogP contribution is 2.27. The first-order chi connectivity index (χ1) is 16.6. The summed E-state index contributed by atoms with van der Waals surface area (Å²) in [7, 11) is 1.27. The van der Waals surface area contributed by atoms with Gasteiger partial charge in [-0.2, -0.15) is 0 Å². The van der Waals surface area contributed by atoms with Gasteiger partial charge in [0.15, 0.2) is 5.78 Å². The van der Waals surface area contributed by atoms with Crippen LogP contribution in [-0.4, -0.2) is 67.6 Å². The third kappa shape index (κ3) is 5.21. The molecular weight excluding hydrogens is 430 g/mol. The molecule has 0 saturated carbocycles. The molecule has 1 heterocycles. The summed E-state index contributed by atoms with van der Waals surface area (Å²) in [6.45, 7) is 3.35. The lowest BCUT2D eigenvalue weighted by atomic mass is 10.0. The monoisotopic (exact) mass is 459 g/mol. The number of hydrogen-bond acceptors (Lipinski definition) is 7. The number of ether oxygens (including phenoxy) is 1. The summed E-state index contributed by atoms with van der Waals surface area (Å²) < 4.78 is 4.83. The SMILES string of the molecule is COC(=O)c1c(O)cccc1NCC(C(=O)c1ccccc1)N1CCN(c2ccccc2)CC1. The Morgan fingerprint density at radius 3 is 2.21 bits per heavy atom. The fourth-order valence-electron chi connectivity index (χ4n) is 4.32. The van der Waals surface area contributed by atoms with Crippen molar-refractivity contribution in [2.45, 2.75) is 6.04 Å². The van der Waals surface area contributed by atoms with Gasteiger partial charge in [-0.15, -0.1) is 0 Å². The smallest absolute Gasteiger partial charge is 0.343 e. The molecule has 1 aliphatic rings. The van der Waals surface area contributed by atoms with Crippen molar-refractivity contribution in [1.29, 1.82) is 0 Å². The molecule has 0 aliphatic carbocycles. The molecule has 1 unspecified atom stereocenters. The predicted octanol–water partition coefficient (Wildman–Crippen LogP) is 3.66. The van der Waals surface area contributed by atoms with Crippen LogP contribution in [0.25, 0.3) is 0 Å². The Bertz CT molecular complexity index is 1110. The van der Waals surface area contributed by atoms with Crippen molar-refractivity contribution in [1.82, 2.24) is 4.90 Å². The zero-order valence-corrected chi connectivity index (χ0v) is 19.2. The van der Waals surface area contributed by atoms with Crippen molar-refractivity contribution in [3.8, 4) is 5.75 Å². The van der Waals surface area contributed by atoms with E-state index < -0.39 is 12.0 Å². The molecule has 7 nitrogen and oxygen atoms in total. The molecule has 0 amide bonds. The molecule has 1 aliphatic heterocycles. The highest BCUT2D eigenvalue weighted by atomic mass is 16.5. The number of para-hydroxylation sites is 1. The number of anilines is 2. The first-order valence-corrected chi connectivity index (χ1v) is 11.4. The number of esters is 1. The molecule has 2 N–H and O–H groups in total. The standard InChI is InChI=1S/C27H29N3O4/c1-34-27(33)25-22(13-8-14-24(25)31)28-19-23(26(32)20-9-4-2-5-10-20)30-17-15-29(16-18-30)21-11-6-3-7-12-21/h2-14,23,28,31H,15-19H2,1H3. The van der Waals surface area contributed by atoms with Gasteiger partial charge < -0.3 is 20.1 Å². The molecule has 176 valence electrons. The van der Waals surface area contributed by atoms with Gasteiger partial charge in [-0.05, 0) is 24.3 Å². The quantitative estimate of drug-likeness (QED) is 0.393. The van der Waals surface area contributed by atoms with Gasteiger partial charge in [0, 0.05) is 44.0 Å². The van der Waals surface area contributed by atoms with E-state index >= 15 is 0 Å². The number of ketones is 1. The van der Waals surface area contributed by atoms with Crippen LogP contribution >= 0.6 is 0 Å². The number of phenols is 1. The van der Waals surface area contributed by atoms with Crippen LogP contribution in [-0.2, 0) is 4.74 Å². The van der Waals surface area contributed by atoms with Gasteiger partial charge in [0.25, 0.3) is 0 Å². The number of piperazine rings is 1. The molecule has 7 heteroatoms. The molecule has 1 atom stereocenters. The van der Waals surface area contributed by atoms with E-state index in [1.165, 1.54) is 18.9 Å². The van der Waals surface area contributed by atoms with E-state index in [9.17, 15) is 14.7 Å². The highest BCUT2D eigenvalue weighted by Gasteiger charge is 2.30. The maximum Gasteiger partial charge on any atom is 0.343 e. The third-order valence-electron chi connectivity index (χ3n) is 6.16. The van der Waals surface area contributed by atoms with E-state index in [2.05, 4.69) is 27.2 Å². The minimum absolute atomic E-state index is 0.0148. The number of carbonyl (C=O) groups is 2. The minimum Gasteiger partial charge on any atom is -0.507 e. The summed E-state index contributed by atoms with van der Waals surface area (Å²) in [5.41, 5.74) is 2.31. The summed E-state index contributed by atoms with van der Waals surface area (Å²) in [6, 6.07) is 23.9. The molecule has 34 heavy (non-hydrogen) atoms. The average Bonchev–Trinajstić information content (AvgIpc) is 2.89. The van der Waals surface area contributed by atoms with E-state index in [1.54, 1.807) is 12.1 Å². The first kappa shape index (κ1) is 23.3. The highest BCUT2D eigenvalue weighted by molar-refractivity contribution is 6.01. The van der Waals surface area contributed by atoms with Crippen LogP contribution in [0.3, 0.4) is 0 Å². The van der Waals surface area contributed by atoms with Crippen molar-refractivity contribution in [3.63, 3.8) is 0 Å². The molecule has 1 fully saturated rings. The Balaban J connectivity index is 1.54. The van der Waals surface area contributed by atoms with Crippen molar-refractivity contribution in [2.24, 2.45) is 0 Å². The number of phenolic OH excluding ortho intramolecular Hbond substituents is 1. The summed E-state index contributed by atoms with van der Waals surface area (Å²) >= 11 is 0. The largest absolute Gasteiger partial charge is 0.507 e. The van der Waals surface area contributed by atoms with Gasteiger partial charge in [0.1, 0.15) is 11.3 Å². The Morgan fingerprint density at radius 2 is 1.56 bits per heavy atom. The Labute approximate surface area is 199 Å². The number of rotatable bonds is 8. The lowest BCUT2D eigenvalue weighted by Gasteiger charge is -2.40. The lowest BCUT2D eigenvalue weighted by Crippen LogP contribution is -2.55. The topological polar surface area (TPSA) is 82.1 Å². The van der Waals surface area contributed by atoms with Gasteiger partial charge in [-0.25, -0.2) is 4.79 Å². The van der Waals surface area contributed by atoms with Gasteiger partial charge in [0.2, 0.25) is 0 Å². The number of Topliss-reactive ketones (excluding diaryl/α,β-unsaturated/α-hetero) is 1. The summed E-state index contributed by atoms with van der Waals surface area (Å²) in [5, 5.41) is 13.4. The van der Waals surface area contributed by atoms with Crippen molar-refractivity contribution in [3.05, 3.63) is 90.0 Å². The van der Waals surface area contributed by atoms with Crippen LogP contribution in [0.5, 0.6) is 5.75 Å². The van der Waals surface area contributed by atoms with Gasteiger partial charge in [0.05, 0.1) is 18.8 Å². The Kier molecular flexibility index (Phi) is 7.44. The van der Waals surface area contributed by atoms with E-state index in [0.29, 0.717) is 11.3 Å². The second-order valence-electron chi connectivity index (χ2n) is 8.18. The van der Waals surface area contributed by atoms with Crippen LogP contribution in [0.1, 0.15) is 20.7 Å². The molecule has 0 spiro atoms. The zero-order valence-electron chi connectivity index (χ0n) is 19.2. The molecule has 0 aromatic heterocycles. The normalized spacial score (nSPS) is 14.9. The fourth-order valence-corrected chi connectivity index (χ4v) is 4.32. The van der Waals surface area contributed by atoms with E-state index in [-0.39, 0.29) is 23.6 Å². The maximum atomic E-state index is 13.5. The van der Waals surface area contributed by atoms with Gasteiger partial charge in [-0.1, -0.05) is 54.6 Å². The molecule has 0 bridgehead atoms. The second kappa shape index (κ2) is 10.9. The number of aromatic hydroxyl groups is 1. The predicted molar refractivity (Wildman–Crippen MR) is 133 cm³/mol. The summed E-state index contributed by atoms with van der Waals surface area (Å²) in [6.07, 6.45) is 0. The molecule has 3 aromatic carbocycles. The number of benzene rings is 3. The fraction of sp³-hybridized carbons (Fsp3) is 0.259. The van der Waals surface area contributed by atoms with Crippen LogP contribution in [0.2, 0.25) is 0 Å². The van der Waals surface area contributed by atoms with E-state index in [1.807, 2.05) is 48.5 Å². The second-order valence-corrected chi connectivity index (χ2v) is 8.18. The van der Waals surface area contributed by atoms with E-state index in [4.69, 9.17) is 4.74 Å². The van der Waals surface area contributed by atoms with Gasteiger partial charge >= 0.3 is 5.97 Å². The number of methoxy groups -OCH3 is 1. The molecule has 4 rings (SSSR count). The number of nitrogens with zero attached hydrogens (tertiary/aromatic N) is 2. The van der Waals surface area contributed by atoms with Crippen LogP contribution < -0.4 is 10.2 Å². The average molecular weight is 460 g/mol. The number of carbonyl (C=O) groups excluding carboxylic acids is 2. The Morgan fingerprint density at radius 1 is 0.912 bits per heavy atom. The van der Waals surface area contributed by atoms with E-state index in [0.717, 1.165) is 26.2 Å². The van der Waals surface area contributed by atoms with Crippen LogP contribution in [0, 0.1) is 0 Å². The first-order valence-electron chi connectivity index (χ1n) is 11.4. The lowest BCUT2D eigenvalue weighted by molar-refractivity contribution is 0.0598. The molecular formula is C27H29N3O4. The molecule has 1 saturated heterocycles. The number of nitrogens with one attached hydrogen (secondary N) is 1. The zero-order chi connectivity index (χ0) is 23.9. The third-order valence-corrected chi connectivity index (χ3v) is 6.16. The van der Waals surface area contributed by atoms with Crippen LogP contribution in [0.15, 0.2) is 78.9 Å². The minimum atomic E-state index is -0.636. The van der Waals surface area contributed by atoms with Crippen molar-refractivity contribution >= 4 is 23.1 Å². The molecule has 3 aromatic rings. The number of hydrogen-bond donors (Lipinski definition) is 2. The van der Waals surface area contributed by atoms with Crippen molar-refractivity contribution in [2.75, 3.05) is 50.1 Å². The van der Waals surface area contributed by atoms with Crippen molar-refractivity contribution < 1.29 is 19.4 Å². The molecule has 0 radical (unpaired) electrons. The summed E-state index contributed by atoms with van der Waals surface area (Å²) in [5.74, 6) is -0.789. The van der Waals surface area contributed by atoms with Crippen LogP contribution in [0.4, 0.5) is 11.4 Å². The summed E-state index contributed by atoms with van der Waals surface area (Å²) in [4.78, 5) is 30.2. The van der Waals surface area contributed by atoms with Gasteiger partial charge in [-0.3, -0.25) is 9.69 Å².